The Bertz CT molecular complexity index is 742. The number of imide groups is 1. The Morgan fingerprint density at radius 3 is 2.21 bits per heavy atom. The molecule has 1 aromatic heterocycles. The SMILES string of the molecule is C[C@@H](c1cccc(-n2cccc2)c1)N1C(=O)[C@H]2CCCC[C@H]2C1=O. The molecule has 24 heavy (non-hydrogen) atoms. The summed E-state index contributed by atoms with van der Waals surface area (Å²) in [5.41, 5.74) is 2.04. The minimum absolute atomic E-state index is 0.0311. The number of nitrogens with zero attached hydrogens (tertiary/aromatic N) is 2. The van der Waals surface area contributed by atoms with Crippen LogP contribution >= 0.6 is 0 Å². The molecule has 124 valence electrons. The number of aromatic nitrogens is 1. The molecule has 4 heteroatoms. The van der Waals surface area contributed by atoms with Gasteiger partial charge in [0, 0.05) is 18.1 Å². The standard InChI is InChI=1S/C20H22N2O2/c1-14(15-7-6-8-16(13-15)21-11-4-5-12-21)22-19(23)17-9-2-3-10-18(17)20(22)24/h4-8,11-14,17-18H,2-3,9-10H2,1H3/t14-,17-,18+/m0/s1. The molecule has 0 bridgehead atoms. The lowest BCUT2D eigenvalue weighted by atomic mass is 9.81. The highest BCUT2D eigenvalue weighted by Crippen LogP contribution is 2.41. The average molecular weight is 322 g/mol. The molecule has 4 nitrogen and oxygen atoms in total. The summed E-state index contributed by atoms with van der Waals surface area (Å²) in [5.74, 6) is -0.102. The predicted molar refractivity (Wildman–Crippen MR) is 91.5 cm³/mol. The van der Waals surface area contributed by atoms with E-state index in [1.54, 1.807) is 0 Å². The summed E-state index contributed by atoms with van der Waals surface area (Å²) < 4.78 is 2.03. The molecule has 1 aromatic carbocycles. The van der Waals surface area contributed by atoms with Gasteiger partial charge in [-0.2, -0.15) is 0 Å². The lowest BCUT2D eigenvalue weighted by Crippen LogP contribution is -2.33. The number of carbonyl (C=O) groups is 2. The molecule has 0 unspecified atom stereocenters. The summed E-state index contributed by atoms with van der Waals surface area (Å²) in [5, 5.41) is 0. The Morgan fingerprint density at radius 2 is 1.58 bits per heavy atom. The summed E-state index contributed by atoms with van der Waals surface area (Å²) in [6.07, 6.45) is 7.83. The first-order valence-corrected chi connectivity index (χ1v) is 8.77. The van der Waals surface area contributed by atoms with Crippen LogP contribution in [0.1, 0.15) is 44.2 Å². The molecule has 3 atom stereocenters. The first kappa shape index (κ1) is 15.2. The molecule has 1 saturated carbocycles. The fourth-order valence-corrected chi connectivity index (χ4v) is 4.17. The fourth-order valence-electron chi connectivity index (χ4n) is 4.17. The van der Waals surface area contributed by atoms with E-state index in [2.05, 4.69) is 6.07 Å². The largest absolute Gasteiger partial charge is 0.324 e. The lowest BCUT2D eigenvalue weighted by molar-refractivity contribution is -0.142. The number of likely N-dealkylation sites (tertiary alicyclic amines) is 1. The van der Waals surface area contributed by atoms with Crippen LogP contribution in [0.25, 0.3) is 5.69 Å². The maximum absolute atomic E-state index is 12.8. The van der Waals surface area contributed by atoms with E-state index in [9.17, 15) is 9.59 Å². The van der Waals surface area contributed by atoms with Crippen molar-refractivity contribution >= 4 is 11.8 Å². The Labute approximate surface area is 142 Å². The summed E-state index contributed by atoms with van der Waals surface area (Å²) in [6.45, 7) is 1.96. The van der Waals surface area contributed by atoms with Crippen LogP contribution in [0.5, 0.6) is 0 Å². The van der Waals surface area contributed by atoms with E-state index in [-0.39, 0.29) is 29.7 Å². The Balaban J connectivity index is 1.64. The number of fused-ring (bicyclic) bond motifs is 1. The van der Waals surface area contributed by atoms with E-state index in [1.807, 2.05) is 54.2 Å². The normalized spacial score (nSPS) is 25.0. The lowest BCUT2D eigenvalue weighted by Gasteiger charge is -2.24. The fraction of sp³-hybridized carbons (Fsp3) is 0.400. The summed E-state index contributed by atoms with van der Waals surface area (Å²) in [7, 11) is 0. The van der Waals surface area contributed by atoms with Crippen LogP contribution in [0.2, 0.25) is 0 Å². The van der Waals surface area contributed by atoms with Gasteiger partial charge in [-0.3, -0.25) is 14.5 Å². The second-order valence-electron chi connectivity index (χ2n) is 6.91. The summed E-state index contributed by atoms with van der Waals surface area (Å²) in [4.78, 5) is 27.1. The van der Waals surface area contributed by atoms with E-state index in [4.69, 9.17) is 0 Å². The van der Waals surface area contributed by atoms with Crippen molar-refractivity contribution in [2.75, 3.05) is 0 Å². The van der Waals surface area contributed by atoms with Gasteiger partial charge in [-0.1, -0.05) is 25.0 Å². The molecular weight excluding hydrogens is 300 g/mol. The summed E-state index contributed by atoms with van der Waals surface area (Å²) >= 11 is 0. The van der Waals surface area contributed by atoms with Gasteiger partial charge in [-0.05, 0) is 49.6 Å². The molecule has 2 aromatic rings. The Morgan fingerprint density at radius 1 is 0.958 bits per heavy atom. The average Bonchev–Trinajstić information content (AvgIpc) is 3.23. The Kier molecular flexibility index (Phi) is 3.75. The van der Waals surface area contributed by atoms with Crippen molar-refractivity contribution in [3.8, 4) is 5.69 Å². The van der Waals surface area contributed by atoms with Gasteiger partial charge in [0.2, 0.25) is 11.8 Å². The molecule has 0 spiro atoms. The highest BCUT2D eigenvalue weighted by molar-refractivity contribution is 6.05. The monoisotopic (exact) mass is 322 g/mol. The van der Waals surface area contributed by atoms with Gasteiger partial charge >= 0.3 is 0 Å². The number of amides is 2. The van der Waals surface area contributed by atoms with Gasteiger partial charge in [0.05, 0.1) is 17.9 Å². The van der Waals surface area contributed by atoms with E-state index in [0.29, 0.717) is 0 Å². The second-order valence-corrected chi connectivity index (χ2v) is 6.91. The third-order valence-electron chi connectivity index (χ3n) is 5.52. The molecule has 1 aliphatic heterocycles. The van der Waals surface area contributed by atoms with E-state index in [0.717, 1.165) is 36.9 Å². The topological polar surface area (TPSA) is 42.3 Å². The minimum atomic E-state index is -0.217. The maximum Gasteiger partial charge on any atom is 0.233 e. The first-order valence-electron chi connectivity index (χ1n) is 8.77. The molecule has 2 aliphatic rings. The van der Waals surface area contributed by atoms with Gasteiger partial charge in [-0.15, -0.1) is 0 Å². The van der Waals surface area contributed by atoms with Crippen LogP contribution in [0.3, 0.4) is 0 Å². The highest BCUT2D eigenvalue weighted by atomic mass is 16.2. The van der Waals surface area contributed by atoms with Crippen molar-refractivity contribution in [2.24, 2.45) is 11.8 Å². The molecule has 2 amide bonds. The molecular formula is C20H22N2O2. The first-order chi connectivity index (χ1) is 11.7. The van der Waals surface area contributed by atoms with E-state index < -0.39 is 0 Å². The minimum Gasteiger partial charge on any atom is -0.324 e. The predicted octanol–water partition coefficient (Wildman–Crippen LogP) is 3.71. The van der Waals surface area contributed by atoms with Crippen LogP contribution in [-0.2, 0) is 9.59 Å². The van der Waals surface area contributed by atoms with Crippen LogP contribution in [0.4, 0.5) is 0 Å². The molecule has 2 heterocycles. The number of hydrogen-bond acceptors (Lipinski definition) is 2. The van der Waals surface area contributed by atoms with Crippen molar-refractivity contribution in [1.82, 2.24) is 9.47 Å². The number of benzene rings is 1. The molecule has 1 aliphatic carbocycles. The van der Waals surface area contributed by atoms with Gasteiger partial charge in [0.1, 0.15) is 0 Å². The number of carbonyl (C=O) groups excluding carboxylic acids is 2. The maximum atomic E-state index is 12.8. The van der Waals surface area contributed by atoms with Crippen molar-refractivity contribution in [2.45, 2.75) is 38.6 Å². The zero-order chi connectivity index (χ0) is 16.7. The molecule has 1 saturated heterocycles. The van der Waals surface area contributed by atoms with Gasteiger partial charge < -0.3 is 4.57 Å². The quantitative estimate of drug-likeness (QED) is 0.808. The molecule has 4 rings (SSSR count). The summed E-state index contributed by atoms with van der Waals surface area (Å²) in [6, 6.07) is 11.8. The number of hydrogen-bond donors (Lipinski definition) is 0. The third-order valence-corrected chi connectivity index (χ3v) is 5.52. The van der Waals surface area contributed by atoms with Crippen LogP contribution in [-0.4, -0.2) is 21.3 Å². The van der Waals surface area contributed by atoms with Crippen LogP contribution < -0.4 is 0 Å². The van der Waals surface area contributed by atoms with Gasteiger partial charge in [0.25, 0.3) is 0 Å². The molecule has 0 N–H and O–H groups in total. The van der Waals surface area contributed by atoms with Crippen molar-refractivity contribution < 1.29 is 9.59 Å². The molecule has 0 radical (unpaired) electrons. The zero-order valence-electron chi connectivity index (χ0n) is 13.9. The zero-order valence-corrected chi connectivity index (χ0v) is 13.9. The number of rotatable bonds is 3. The van der Waals surface area contributed by atoms with Gasteiger partial charge in [0.15, 0.2) is 0 Å². The van der Waals surface area contributed by atoms with E-state index >= 15 is 0 Å². The van der Waals surface area contributed by atoms with Crippen LogP contribution in [0, 0.1) is 11.8 Å². The second kappa shape index (κ2) is 5.93. The van der Waals surface area contributed by atoms with Gasteiger partial charge in [-0.25, -0.2) is 0 Å². The highest BCUT2D eigenvalue weighted by Gasteiger charge is 2.49. The van der Waals surface area contributed by atoms with Crippen molar-refractivity contribution in [3.63, 3.8) is 0 Å². The molecule has 2 fully saturated rings. The van der Waals surface area contributed by atoms with Crippen LogP contribution in [0.15, 0.2) is 48.8 Å². The van der Waals surface area contributed by atoms with Crippen molar-refractivity contribution in [3.05, 3.63) is 54.4 Å². The van der Waals surface area contributed by atoms with Crippen molar-refractivity contribution in [1.29, 1.82) is 0 Å². The third kappa shape index (κ3) is 2.37. The van der Waals surface area contributed by atoms with E-state index in [1.165, 1.54) is 4.90 Å². The Hall–Kier alpha value is -2.36. The smallest absolute Gasteiger partial charge is 0.233 e.